The number of rotatable bonds is 6. The van der Waals surface area contributed by atoms with E-state index in [0.29, 0.717) is 6.42 Å². The number of aldehydes is 1. The van der Waals surface area contributed by atoms with E-state index in [1.165, 1.54) is 35.1 Å². The van der Waals surface area contributed by atoms with Crippen LogP contribution >= 0.6 is 0 Å². The molecular formula is C17H24N2O2. The molecule has 1 unspecified atom stereocenters. The fourth-order valence-corrected chi connectivity index (χ4v) is 3.69. The molecule has 1 atom stereocenters. The summed E-state index contributed by atoms with van der Waals surface area (Å²) in [5.41, 5.74) is 9.74. The van der Waals surface area contributed by atoms with E-state index in [9.17, 15) is 10.0 Å². The standard InChI is InChI=1S/C17H24N2O2/c1-2-5-14(11-20)19(21)18-17-15-8-3-6-12(15)10-13-7-4-9-16(13)17/h10-11,14,18,21H,2-9H2,1H3. The molecule has 2 N–H and O–H groups in total. The first-order chi connectivity index (χ1) is 10.2. The van der Waals surface area contributed by atoms with Crippen molar-refractivity contribution in [2.45, 2.75) is 64.3 Å². The molecule has 0 spiro atoms. The highest BCUT2D eigenvalue weighted by atomic mass is 16.5. The smallest absolute Gasteiger partial charge is 0.141 e. The zero-order chi connectivity index (χ0) is 14.8. The predicted octanol–water partition coefficient (Wildman–Crippen LogP) is 3.05. The fourth-order valence-electron chi connectivity index (χ4n) is 3.69. The summed E-state index contributed by atoms with van der Waals surface area (Å²) in [6.07, 6.45) is 9.12. The Balaban J connectivity index is 1.90. The summed E-state index contributed by atoms with van der Waals surface area (Å²) in [6.45, 7) is 2.02. The third kappa shape index (κ3) is 2.70. The first-order valence-corrected chi connectivity index (χ1v) is 8.11. The Morgan fingerprint density at radius 3 is 2.38 bits per heavy atom. The maximum absolute atomic E-state index is 11.2. The number of hydrogen-bond acceptors (Lipinski definition) is 4. The summed E-state index contributed by atoms with van der Waals surface area (Å²) in [7, 11) is 0. The van der Waals surface area contributed by atoms with E-state index in [-0.39, 0.29) is 0 Å². The second-order valence-corrected chi connectivity index (χ2v) is 6.18. The number of aryl methyl sites for hydroxylation is 2. The number of carbonyl (C=O) groups is 1. The number of hydrogen-bond donors (Lipinski definition) is 2. The lowest BCUT2D eigenvalue weighted by Gasteiger charge is -2.26. The van der Waals surface area contributed by atoms with Gasteiger partial charge in [-0.15, -0.1) is 0 Å². The zero-order valence-corrected chi connectivity index (χ0v) is 12.7. The molecule has 0 aliphatic heterocycles. The number of hydrazine groups is 1. The van der Waals surface area contributed by atoms with E-state index in [2.05, 4.69) is 11.5 Å². The van der Waals surface area contributed by atoms with Gasteiger partial charge in [0.05, 0.1) is 5.69 Å². The number of hydroxylamine groups is 1. The summed E-state index contributed by atoms with van der Waals surface area (Å²) in [6, 6.07) is 1.88. The van der Waals surface area contributed by atoms with Crippen LogP contribution in [0.5, 0.6) is 0 Å². The minimum atomic E-state index is -0.482. The Kier molecular flexibility index (Phi) is 4.27. The van der Waals surface area contributed by atoms with Crippen molar-refractivity contribution in [1.82, 2.24) is 5.17 Å². The van der Waals surface area contributed by atoms with Crippen molar-refractivity contribution in [3.05, 3.63) is 28.3 Å². The van der Waals surface area contributed by atoms with Gasteiger partial charge in [0, 0.05) is 0 Å². The maximum Gasteiger partial charge on any atom is 0.141 e. The van der Waals surface area contributed by atoms with Gasteiger partial charge in [0.25, 0.3) is 0 Å². The van der Waals surface area contributed by atoms with Crippen molar-refractivity contribution >= 4 is 12.0 Å². The molecule has 0 bridgehead atoms. The molecule has 0 radical (unpaired) electrons. The van der Waals surface area contributed by atoms with Gasteiger partial charge in [-0.05, 0) is 67.2 Å². The largest absolute Gasteiger partial charge is 0.301 e. The molecule has 0 saturated carbocycles. The molecule has 0 heterocycles. The normalized spacial score (nSPS) is 17.7. The van der Waals surface area contributed by atoms with Gasteiger partial charge in [-0.25, -0.2) is 0 Å². The van der Waals surface area contributed by atoms with Crippen molar-refractivity contribution in [1.29, 1.82) is 0 Å². The number of carbonyl (C=O) groups excluding carboxylic acids is 1. The van der Waals surface area contributed by atoms with E-state index in [4.69, 9.17) is 0 Å². The van der Waals surface area contributed by atoms with Crippen LogP contribution in [0, 0.1) is 0 Å². The van der Waals surface area contributed by atoms with Crippen molar-refractivity contribution in [3.63, 3.8) is 0 Å². The Morgan fingerprint density at radius 2 is 1.86 bits per heavy atom. The highest BCUT2D eigenvalue weighted by Gasteiger charge is 2.26. The Hall–Kier alpha value is -1.39. The Morgan fingerprint density at radius 1 is 1.24 bits per heavy atom. The van der Waals surface area contributed by atoms with Crippen molar-refractivity contribution < 1.29 is 10.0 Å². The number of nitrogens with one attached hydrogen (secondary N) is 1. The van der Waals surface area contributed by atoms with Crippen LogP contribution in [-0.2, 0) is 30.5 Å². The monoisotopic (exact) mass is 288 g/mol. The fraction of sp³-hybridized carbons (Fsp3) is 0.588. The molecule has 0 amide bonds. The van der Waals surface area contributed by atoms with Gasteiger partial charge >= 0.3 is 0 Å². The van der Waals surface area contributed by atoms with Gasteiger partial charge in [0.1, 0.15) is 12.3 Å². The SMILES string of the molecule is CCCC(C=O)N(O)Nc1c2c(cc3c1CCC3)CCC2. The minimum absolute atomic E-state index is 0.482. The van der Waals surface area contributed by atoms with E-state index < -0.39 is 6.04 Å². The van der Waals surface area contributed by atoms with Crippen LogP contribution in [0.25, 0.3) is 0 Å². The van der Waals surface area contributed by atoms with Crippen LogP contribution in [0.15, 0.2) is 6.07 Å². The summed E-state index contributed by atoms with van der Waals surface area (Å²) < 4.78 is 0. The topological polar surface area (TPSA) is 52.6 Å². The highest BCUT2D eigenvalue weighted by molar-refractivity contribution is 5.66. The number of fused-ring (bicyclic) bond motifs is 2. The van der Waals surface area contributed by atoms with Crippen LogP contribution in [0.3, 0.4) is 0 Å². The van der Waals surface area contributed by atoms with Crippen molar-refractivity contribution in [2.75, 3.05) is 5.43 Å². The number of anilines is 1. The van der Waals surface area contributed by atoms with Gasteiger partial charge in [0.15, 0.2) is 0 Å². The molecule has 2 aliphatic rings. The van der Waals surface area contributed by atoms with Gasteiger partial charge < -0.3 is 4.79 Å². The summed E-state index contributed by atoms with van der Waals surface area (Å²) >= 11 is 0. The third-order valence-corrected chi connectivity index (χ3v) is 4.76. The van der Waals surface area contributed by atoms with Gasteiger partial charge in [-0.3, -0.25) is 10.6 Å². The molecule has 4 nitrogen and oxygen atoms in total. The molecule has 0 saturated heterocycles. The third-order valence-electron chi connectivity index (χ3n) is 4.76. The molecule has 21 heavy (non-hydrogen) atoms. The lowest BCUT2D eigenvalue weighted by Crippen LogP contribution is -2.38. The van der Waals surface area contributed by atoms with E-state index >= 15 is 0 Å². The number of benzene rings is 1. The highest BCUT2D eigenvalue weighted by Crippen LogP contribution is 2.38. The molecule has 1 aromatic carbocycles. The average Bonchev–Trinajstić information content (AvgIpc) is 3.12. The molecule has 4 heteroatoms. The molecule has 2 aliphatic carbocycles. The van der Waals surface area contributed by atoms with Crippen molar-refractivity contribution in [3.8, 4) is 0 Å². The quantitative estimate of drug-likeness (QED) is 0.624. The molecule has 0 aromatic heterocycles. The first kappa shape index (κ1) is 14.5. The van der Waals surface area contributed by atoms with Gasteiger partial charge in [0.2, 0.25) is 0 Å². The lowest BCUT2D eigenvalue weighted by atomic mass is 9.99. The molecule has 0 fully saturated rings. The van der Waals surface area contributed by atoms with Crippen LogP contribution in [-0.4, -0.2) is 22.7 Å². The lowest BCUT2D eigenvalue weighted by molar-refractivity contribution is -0.134. The maximum atomic E-state index is 11.2. The predicted molar refractivity (Wildman–Crippen MR) is 82.5 cm³/mol. The average molecular weight is 288 g/mol. The summed E-state index contributed by atoms with van der Waals surface area (Å²) in [4.78, 5) is 11.2. The van der Waals surface area contributed by atoms with Crippen LogP contribution in [0.2, 0.25) is 0 Å². The van der Waals surface area contributed by atoms with E-state index in [0.717, 1.165) is 49.2 Å². The molecular weight excluding hydrogens is 264 g/mol. The first-order valence-electron chi connectivity index (χ1n) is 8.11. The molecule has 3 rings (SSSR count). The summed E-state index contributed by atoms with van der Waals surface area (Å²) in [5, 5.41) is 11.3. The second kappa shape index (κ2) is 6.16. The zero-order valence-electron chi connectivity index (χ0n) is 12.7. The Labute approximate surface area is 126 Å². The van der Waals surface area contributed by atoms with Crippen LogP contribution in [0.1, 0.15) is 54.9 Å². The number of nitrogens with zero attached hydrogens (tertiary/aromatic N) is 1. The Bertz CT molecular complexity index is 510. The van der Waals surface area contributed by atoms with Gasteiger partial charge in [-0.1, -0.05) is 24.6 Å². The minimum Gasteiger partial charge on any atom is -0.301 e. The van der Waals surface area contributed by atoms with E-state index in [1.54, 1.807) is 0 Å². The van der Waals surface area contributed by atoms with E-state index in [1.807, 2.05) is 6.92 Å². The van der Waals surface area contributed by atoms with Crippen LogP contribution in [0.4, 0.5) is 5.69 Å². The van der Waals surface area contributed by atoms with Gasteiger partial charge in [-0.2, -0.15) is 0 Å². The molecule has 1 aromatic rings. The summed E-state index contributed by atoms with van der Waals surface area (Å²) in [5.74, 6) is 0. The van der Waals surface area contributed by atoms with Crippen LogP contribution < -0.4 is 5.43 Å². The molecule has 114 valence electrons. The van der Waals surface area contributed by atoms with Crippen molar-refractivity contribution in [2.24, 2.45) is 0 Å². The second-order valence-electron chi connectivity index (χ2n) is 6.18.